The molecule has 100 valence electrons. The van der Waals surface area contributed by atoms with Crippen LogP contribution in [-0.2, 0) is 7.05 Å². The minimum Gasteiger partial charge on any atom is -0.222 e. The maximum absolute atomic E-state index is 8.49. The Hall–Kier alpha value is -0.760. The Balaban J connectivity index is 0.000000280. The second-order valence-corrected chi connectivity index (χ2v) is 5.82. The first-order chi connectivity index (χ1) is 8.20. The molecule has 0 spiro atoms. The Labute approximate surface area is 111 Å². The molecule has 7 heteroatoms. The van der Waals surface area contributed by atoms with Gasteiger partial charge in [0, 0.05) is 12.0 Å². The Morgan fingerprint density at radius 2 is 1.61 bits per heavy atom. The third kappa shape index (κ3) is 4.49. The second-order valence-electron chi connectivity index (χ2n) is 4.00. The summed E-state index contributed by atoms with van der Waals surface area (Å²) >= 11 is 1.89. The molecule has 0 N–H and O–H groups in total. The normalized spacial score (nSPS) is 11.6. The fourth-order valence-corrected chi connectivity index (χ4v) is 2.78. The molecular weight excluding hydrogens is 278 g/mol. The van der Waals surface area contributed by atoms with Crippen molar-refractivity contribution in [1.82, 2.24) is 0 Å². The van der Waals surface area contributed by atoms with Gasteiger partial charge in [-0.2, -0.15) is 4.57 Å². The van der Waals surface area contributed by atoms with Crippen molar-refractivity contribution in [1.29, 1.82) is 0 Å². The number of benzene rings is 1. The van der Waals surface area contributed by atoms with Crippen molar-refractivity contribution in [2.24, 2.45) is 7.05 Å². The van der Waals surface area contributed by atoms with E-state index in [1.54, 1.807) is 0 Å². The summed E-state index contributed by atoms with van der Waals surface area (Å²) in [5.41, 5.74) is 1.34. The number of aryl methyl sites for hydroxylation is 1. The standard InChI is InChI=1S/C11H14NS.ClHO4/c1-8(2)11-12(3)9-6-4-5-7-10(9)13-11;2-1(3,4)5/h4-8H,1-3H3;(H,2,3,4,5)/q+1;/p-1. The van der Waals surface area contributed by atoms with Gasteiger partial charge in [-0.05, 0) is 6.07 Å². The van der Waals surface area contributed by atoms with Crippen LogP contribution in [0.4, 0.5) is 0 Å². The predicted octanol–water partition coefficient (Wildman–Crippen LogP) is -1.91. The Morgan fingerprint density at radius 3 is 2.06 bits per heavy atom. The van der Waals surface area contributed by atoms with E-state index in [1.165, 1.54) is 15.2 Å². The lowest BCUT2D eigenvalue weighted by Gasteiger charge is -2.17. The molecule has 0 radical (unpaired) electrons. The van der Waals surface area contributed by atoms with Crippen LogP contribution in [0.5, 0.6) is 0 Å². The average molecular weight is 292 g/mol. The second kappa shape index (κ2) is 5.92. The van der Waals surface area contributed by atoms with E-state index >= 15 is 0 Å². The summed E-state index contributed by atoms with van der Waals surface area (Å²) in [5.74, 6) is 0.613. The van der Waals surface area contributed by atoms with Gasteiger partial charge in [0.1, 0.15) is 11.7 Å². The lowest BCUT2D eigenvalue weighted by molar-refractivity contribution is -2.00. The zero-order valence-electron chi connectivity index (χ0n) is 10.3. The Morgan fingerprint density at radius 1 is 1.11 bits per heavy atom. The van der Waals surface area contributed by atoms with Crippen LogP contribution < -0.4 is 23.2 Å². The fourth-order valence-electron chi connectivity index (χ4n) is 1.63. The first-order valence-corrected chi connectivity index (χ1v) is 7.24. The van der Waals surface area contributed by atoms with Gasteiger partial charge >= 0.3 is 0 Å². The number of nitrogens with zero attached hydrogens (tertiary/aromatic N) is 1. The summed E-state index contributed by atoms with van der Waals surface area (Å²) in [4.78, 5) is 0. The van der Waals surface area contributed by atoms with Crippen LogP contribution in [0, 0.1) is 10.2 Å². The SMILES string of the molecule is CC(C)c1sc2ccccc2[n+]1C.[O-][Cl+3]([O-])([O-])[O-]. The topological polar surface area (TPSA) is 96.1 Å². The summed E-state index contributed by atoms with van der Waals surface area (Å²) in [6, 6.07) is 8.56. The first-order valence-electron chi connectivity index (χ1n) is 5.19. The van der Waals surface area contributed by atoms with E-state index in [2.05, 4.69) is 49.7 Å². The smallest absolute Gasteiger partial charge is 0.222 e. The monoisotopic (exact) mass is 291 g/mol. The highest BCUT2D eigenvalue weighted by Gasteiger charge is 2.18. The van der Waals surface area contributed by atoms with Crippen molar-refractivity contribution in [3.63, 3.8) is 0 Å². The molecule has 0 atom stereocenters. The van der Waals surface area contributed by atoms with Crippen molar-refractivity contribution in [3.8, 4) is 0 Å². The summed E-state index contributed by atoms with van der Waals surface area (Å²) in [6.45, 7) is 4.48. The number of aromatic nitrogens is 1. The van der Waals surface area contributed by atoms with Gasteiger partial charge in [-0.1, -0.05) is 37.3 Å². The molecular formula is C11H14ClNO4S. The zero-order valence-corrected chi connectivity index (χ0v) is 11.8. The third-order valence-electron chi connectivity index (χ3n) is 2.27. The minimum absolute atomic E-state index is 0.613. The quantitative estimate of drug-likeness (QED) is 0.573. The van der Waals surface area contributed by atoms with Crippen LogP contribution in [0.25, 0.3) is 10.2 Å². The fraction of sp³-hybridized carbons (Fsp3) is 0.364. The molecule has 2 rings (SSSR count). The van der Waals surface area contributed by atoms with Gasteiger partial charge in [0.05, 0.1) is 0 Å². The molecule has 0 bridgehead atoms. The number of rotatable bonds is 1. The van der Waals surface area contributed by atoms with Crippen LogP contribution >= 0.6 is 11.3 Å². The molecule has 18 heavy (non-hydrogen) atoms. The molecule has 0 saturated carbocycles. The van der Waals surface area contributed by atoms with E-state index in [9.17, 15) is 0 Å². The van der Waals surface area contributed by atoms with Gasteiger partial charge in [0.2, 0.25) is 10.5 Å². The molecule has 0 aliphatic rings. The molecule has 0 fully saturated rings. The third-order valence-corrected chi connectivity index (χ3v) is 3.79. The lowest BCUT2D eigenvalue weighted by atomic mass is 10.2. The molecule has 0 saturated heterocycles. The molecule has 0 aliphatic heterocycles. The highest BCUT2D eigenvalue weighted by molar-refractivity contribution is 7.18. The van der Waals surface area contributed by atoms with E-state index in [0.717, 1.165) is 0 Å². The average Bonchev–Trinajstić information content (AvgIpc) is 2.55. The van der Waals surface area contributed by atoms with Gasteiger partial charge in [-0.25, -0.2) is 18.6 Å². The first kappa shape index (κ1) is 15.3. The van der Waals surface area contributed by atoms with Crippen LogP contribution in [0.1, 0.15) is 24.8 Å². The molecule has 0 amide bonds. The number of hydrogen-bond acceptors (Lipinski definition) is 5. The molecule has 1 aromatic carbocycles. The van der Waals surface area contributed by atoms with E-state index in [1.807, 2.05) is 11.3 Å². The summed E-state index contributed by atoms with van der Waals surface area (Å²) in [6.07, 6.45) is 0. The van der Waals surface area contributed by atoms with E-state index in [0.29, 0.717) is 5.92 Å². The summed E-state index contributed by atoms with van der Waals surface area (Å²) < 4.78 is 37.7. The Bertz CT molecular complexity index is 515. The largest absolute Gasteiger partial charge is 0.240 e. The van der Waals surface area contributed by atoms with Gasteiger partial charge < -0.3 is 0 Å². The van der Waals surface area contributed by atoms with Crippen molar-refractivity contribution >= 4 is 21.6 Å². The molecule has 5 nitrogen and oxygen atoms in total. The number of thiazole rings is 1. The van der Waals surface area contributed by atoms with Crippen LogP contribution in [0.15, 0.2) is 24.3 Å². The van der Waals surface area contributed by atoms with Gasteiger partial charge in [0.25, 0.3) is 0 Å². The van der Waals surface area contributed by atoms with Crippen LogP contribution in [0.2, 0.25) is 0 Å². The Kier molecular flexibility index (Phi) is 5.03. The number of halogens is 1. The number of fused-ring (bicyclic) bond motifs is 1. The van der Waals surface area contributed by atoms with Crippen molar-refractivity contribution in [3.05, 3.63) is 29.3 Å². The van der Waals surface area contributed by atoms with Crippen LogP contribution in [-0.4, -0.2) is 0 Å². The van der Waals surface area contributed by atoms with E-state index in [4.69, 9.17) is 18.6 Å². The molecule has 1 heterocycles. The van der Waals surface area contributed by atoms with Gasteiger partial charge in [-0.15, -0.1) is 10.2 Å². The van der Waals surface area contributed by atoms with Crippen molar-refractivity contribution < 1.29 is 33.4 Å². The lowest BCUT2D eigenvalue weighted by Crippen LogP contribution is -2.68. The maximum atomic E-state index is 8.49. The minimum atomic E-state index is -4.94. The maximum Gasteiger partial charge on any atom is 0.240 e. The van der Waals surface area contributed by atoms with Crippen LogP contribution in [0.3, 0.4) is 0 Å². The van der Waals surface area contributed by atoms with E-state index in [-0.39, 0.29) is 0 Å². The highest BCUT2D eigenvalue weighted by Crippen LogP contribution is 2.24. The summed E-state index contributed by atoms with van der Waals surface area (Å²) in [5, 5.41) is 1.45. The molecule has 2 aromatic rings. The van der Waals surface area contributed by atoms with E-state index < -0.39 is 10.2 Å². The van der Waals surface area contributed by atoms with Crippen molar-refractivity contribution in [2.75, 3.05) is 0 Å². The van der Waals surface area contributed by atoms with Gasteiger partial charge in [0.15, 0.2) is 0 Å². The van der Waals surface area contributed by atoms with Gasteiger partial charge in [-0.3, -0.25) is 0 Å². The number of hydrogen-bond donors (Lipinski definition) is 0. The summed E-state index contributed by atoms with van der Waals surface area (Å²) in [7, 11) is -2.80. The molecule has 1 aromatic heterocycles. The highest BCUT2D eigenvalue weighted by atomic mass is 35.7. The molecule has 0 unspecified atom stereocenters. The number of para-hydroxylation sites is 1. The molecule has 0 aliphatic carbocycles. The zero-order chi connectivity index (χ0) is 13.9. The van der Waals surface area contributed by atoms with Crippen molar-refractivity contribution in [2.45, 2.75) is 19.8 Å². The predicted molar refractivity (Wildman–Crippen MR) is 57.1 cm³/mol.